The van der Waals surface area contributed by atoms with Crippen LogP contribution in [-0.2, 0) is 14.3 Å². The van der Waals surface area contributed by atoms with Crippen molar-refractivity contribution in [2.75, 3.05) is 20.2 Å². The normalized spacial score (nSPS) is 24.9. The van der Waals surface area contributed by atoms with E-state index in [4.69, 9.17) is 0 Å². The number of nitrogens with one attached hydrogen (secondary N) is 2. The van der Waals surface area contributed by atoms with Crippen molar-refractivity contribution in [2.45, 2.75) is 6.10 Å². The summed E-state index contributed by atoms with van der Waals surface area (Å²) in [5.41, 5.74) is 0.105. The minimum atomic E-state index is -0.650. The minimum absolute atomic E-state index is 0.105. The van der Waals surface area contributed by atoms with Crippen LogP contribution in [0.5, 0.6) is 0 Å². The van der Waals surface area contributed by atoms with Gasteiger partial charge in [-0.2, -0.15) is 0 Å². The number of methoxy groups -OCH3 is 1. The average Bonchev–Trinajstić information content (AvgIpc) is 2.33. The Kier molecular flexibility index (Phi) is 3.47. The molecule has 1 aliphatic heterocycles. The lowest BCUT2D eigenvalue weighted by Gasteiger charge is -2.05. The molecule has 1 atom stereocenters. The maximum absolute atomic E-state index is 11.3. The maximum atomic E-state index is 11.3. The molecule has 6 heteroatoms. The van der Waals surface area contributed by atoms with Crippen molar-refractivity contribution in [3.05, 3.63) is 11.8 Å². The molecule has 1 saturated heterocycles. The van der Waals surface area contributed by atoms with E-state index in [-0.39, 0.29) is 18.8 Å². The first-order valence-corrected chi connectivity index (χ1v) is 4.13. The Labute approximate surface area is 80.9 Å². The van der Waals surface area contributed by atoms with E-state index in [0.29, 0.717) is 0 Å². The lowest BCUT2D eigenvalue weighted by Crippen LogP contribution is -2.30. The summed E-state index contributed by atoms with van der Waals surface area (Å²) < 4.78 is 4.37. The van der Waals surface area contributed by atoms with Gasteiger partial charge in [-0.25, -0.2) is 4.79 Å². The highest BCUT2D eigenvalue weighted by atomic mass is 16.5. The highest BCUT2D eigenvalue weighted by Gasteiger charge is 2.18. The summed E-state index contributed by atoms with van der Waals surface area (Å²) in [6.07, 6.45) is 0.399. The molecular weight excluding hydrogens is 188 g/mol. The van der Waals surface area contributed by atoms with Gasteiger partial charge in [0.15, 0.2) is 0 Å². The fraction of sp³-hybridized carbons (Fsp3) is 0.500. The number of β-amino-alcohol motifs (C(OH)–C–C–N with tert-alkyl or cyclic N) is 1. The number of amides is 1. The fourth-order valence-corrected chi connectivity index (χ4v) is 0.979. The molecule has 0 aromatic heterocycles. The molecule has 1 amide bonds. The molecule has 0 radical (unpaired) electrons. The topological polar surface area (TPSA) is 87.7 Å². The Morgan fingerprint density at radius 1 is 1.57 bits per heavy atom. The summed E-state index contributed by atoms with van der Waals surface area (Å²) in [5.74, 6) is -1.04. The highest BCUT2D eigenvalue weighted by molar-refractivity contribution is 5.99. The van der Waals surface area contributed by atoms with Gasteiger partial charge in [-0.05, 0) is 0 Å². The second kappa shape index (κ2) is 4.61. The molecule has 3 N–H and O–H groups in total. The number of aliphatic hydroxyl groups excluding tert-OH is 1. The van der Waals surface area contributed by atoms with Gasteiger partial charge in [0.25, 0.3) is 5.91 Å². The number of hydrogen-bond donors (Lipinski definition) is 3. The molecule has 1 aliphatic rings. The third-order valence-corrected chi connectivity index (χ3v) is 1.73. The van der Waals surface area contributed by atoms with Crippen LogP contribution < -0.4 is 10.6 Å². The number of hydrogen-bond acceptors (Lipinski definition) is 5. The van der Waals surface area contributed by atoms with Crippen molar-refractivity contribution in [3.8, 4) is 0 Å². The maximum Gasteiger partial charge on any atom is 0.332 e. The summed E-state index contributed by atoms with van der Waals surface area (Å²) in [6, 6.07) is 0. The van der Waals surface area contributed by atoms with Gasteiger partial charge in [0, 0.05) is 13.1 Å². The quantitative estimate of drug-likeness (QED) is 0.341. The van der Waals surface area contributed by atoms with Gasteiger partial charge in [0.05, 0.1) is 19.3 Å². The summed E-state index contributed by atoms with van der Waals surface area (Å²) in [7, 11) is 1.23. The van der Waals surface area contributed by atoms with Crippen LogP contribution in [0.4, 0.5) is 0 Å². The van der Waals surface area contributed by atoms with E-state index < -0.39 is 18.0 Å². The Morgan fingerprint density at radius 2 is 2.21 bits per heavy atom. The molecule has 0 saturated carbocycles. The zero-order valence-electron chi connectivity index (χ0n) is 7.74. The second-order valence-electron chi connectivity index (χ2n) is 2.83. The third kappa shape index (κ3) is 2.74. The summed E-state index contributed by atoms with van der Waals surface area (Å²) in [5, 5.41) is 14.3. The predicted octanol–water partition coefficient (Wildman–Crippen LogP) is -1.88. The van der Waals surface area contributed by atoms with E-state index in [1.165, 1.54) is 7.11 Å². The molecule has 1 fully saturated rings. The number of aliphatic hydroxyl groups is 1. The molecular formula is C8H12N2O4. The van der Waals surface area contributed by atoms with Crippen molar-refractivity contribution < 1.29 is 19.4 Å². The van der Waals surface area contributed by atoms with Gasteiger partial charge < -0.3 is 20.5 Å². The lowest BCUT2D eigenvalue weighted by molar-refractivity contribution is -0.135. The molecule has 0 aliphatic carbocycles. The Balaban J connectivity index is 2.71. The van der Waals surface area contributed by atoms with Crippen LogP contribution >= 0.6 is 0 Å². The smallest absolute Gasteiger partial charge is 0.332 e. The Morgan fingerprint density at radius 3 is 2.86 bits per heavy atom. The number of esters is 1. The van der Waals surface area contributed by atoms with Gasteiger partial charge in [0.1, 0.15) is 5.70 Å². The first-order valence-electron chi connectivity index (χ1n) is 4.13. The van der Waals surface area contributed by atoms with Crippen LogP contribution in [0.2, 0.25) is 0 Å². The van der Waals surface area contributed by atoms with E-state index >= 15 is 0 Å². The van der Waals surface area contributed by atoms with Crippen molar-refractivity contribution >= 4 is 11.9 Å². The molecule has 0 bridgehead atoms. The van der Waals surface area contributed by atoms with Gasteiger partial charge in [-0.1, -0.05) is 0 Å². The van der Waals surface area contributed by atoms with E-state index in [0.717, 1.165) is 6.08 Å². The zero-order valence-corrected chi connectivity index (χ0v) is 7.74. The van der Waals surface area contributed by atoms with Gasteiger partial charge in [0.2, 0.25) is 0 Å². The molecule has 1 unspecified atom stereocenters. The summed E-state index contributed by atoms with van der Waals surface area (Å²) in [4.78, 5) is 22.1. The second-order valence-corrected chi connectivity index (χ2v) is 2.83. The van der Waals surface area contributed by atoms with Crippen LogP contribution in [0.3, 0.4) is 0 Å². The first-order chi connectivity index (χ1) is 6.63. The van der Waals surface area contributed by atoms with Crippen LogP contribution in [0.1, 0.15) is 0 Å². The van der Waals surface area contributed by atoms with E-state index in [1.54, 1.807) is 0 Å². The van der Waals surface area contributed by atoms with Crippen LogP contribution in [0, 0.1) is 0 Å². The summed E-state index contributed by atoms with van der Waals surface area (Å²) in [6.45, 7) is 0.395. The van der Waals surface area contributed by atoms with Crippen molar-refractivity contribution in [1.29, 1.82) is 0 Å². The SMILES string of the molecule is COC(=O)/C=C1\NCC(O)CNC1=O. The molecule has 78 valence electrons. The number of ether oxygens (including phenoxy) is 1. The van der Waals surface area contributed by atoms with Gasteiger partial charge >= 0.3 is 5.97 Å². The molecule has 6 nitrogen and oxygen atoms in total. The lowest BCUT2D eigenvalue weighted by atomic mass is 10.3. The standard InChI is InChI=1S/C8H12N2O4/c1-14-7(12)2-6-8(13)10-4-5(11)3-9-6/h2,5,9,11H,3-4H2,1H3,(H,10,13)/b6-2-. The fourth-order valence-electron chi connectivity index (χ4n) is 0.979. The molecule has 1 rings (SSSR count). The molecule has 0 aromatic carbocycles. The number of carbonyl (C=O) groups excluding carboxylic acids is 2. The first kappa shape index (κ1) is 10.5. The van der Waals surface area contributed by atoms with E-state index in [1.807, 2.05) is 0 Å². The zero-order chi connectivity index (χ0) is 10.6. The minimum Gasteiger partial charge on any atom is -0.466 e. The van der Waals surface area contributed by atoms with E-state index in [2.05, 4.69) is 15.4 Å². The van der Waals surface area contributed by atoms with Crippen LogP contribution in [-0.4, -0.2) is 43.3 Å². The van der Waals surface area contributed by atoms with Crippen molar-refractivity contribution in [3.63, 3.8) is 0 Å². The van der Waals surface area contributed by atoms with E-state index in [9.17, 15) is 14.7 Å². The largest absolute Gasteiger partial charge is 0.466 e. The Bertz CT molecular complexity index is 275. The average molecular weight is 200 g/mol. The Hall–Kier alpha value is -1.56. The number of rotatable bonds is 1. The molecule has 0 aromatic rings. The van der Waals surface area contributed by atoms with Crippen molar-refractivity contribution in [1.82, 2.24) is 10.6 Å². The number of carbonyl (C=O) groups is 2. The van der Waals surface area contributed by atoms with Gasteiger partial charge in [-0.15, -0.1) is 0 Å². The summed E-state index contributed by atoms with van der Waals surface area (Å²) >= 11 is 0. The van der Waals surface area contributed by atoms with Crippen LogP contribution in [0.25, 0.3) is 0 Å². The molecule has 0 spiro atoms. The monoisotopic (exact) mass is 200 g/mol. The predicted molar refractivity (Wildman–Crippen MR) is 47.1 cm³/mol. The molecule has 14 heavy (non-hydrogen) atoms. The molecule has 1 heterocycles. The van der Waals surface area contributed by atoms with Crippen LogP contribution in [0.15, 0.2) is 11.8 Å². The van der Waals surface area contributed by atoms with Crippen molar-refractivity contribution in [2.24, 2.45) is 0 Å². The highest BCUT2D eigenvalue weighted by Crippen LogP contribution is 1.96. The third-order valence-electron chi connectivity index (χ3n) is 1.73. The van der Waals surface area contributed by atoms with Gasteiger partial charge in [-0.3, -0.25) is 4.79 Å².